The summed E-state index contributed by atoms with van der Waals surface area (Å²) in [6.07, 6.45) is -1.40. The predicted octanol–water partition coefficient (Wildman–Crippen LogP) is 8.15. The van der Waals surface area contributed by atoms with E-state index >= 15 is 0 Å². The van der Waals surface area contributed by atoms with Crippen LogP contribution in [0.4, 0.5) is 13.2 Å². The van der Waals surface area contributed by atoms with Gasteiger partial charge in [-0.3, -0.25) is 9.59 Å². The number of thiophene rings is 1. The van der Waals surface area contributed by atoms with Crippen molar-refractivity contribution in [3.05, 3.63) is 87.8 Å². The second-order valence-electron chi connectivity index (χ2n) is 10.4. The van der Waals surface area contributed by atoms with Gasteiger partial charge in [0.05, 0.1) is 12.1 Å². The molecule has 1 aromatic heterocycles. The lowest BCUT2D eigenvalue weighted by atomic mass is 9.89. The van der Waals surface area contributed by atoms with Crippen molar-refractivity contribution in [1.82, 2.24) is 10.2 Å². The lowest BCUT2D eigenvalue weighted by Gasteiger charge is -2.37. The molecule has 1 N–H and O–H groups in total. The van der Waals surface area contributed by atoms with E-state index in [0.29, 0.717) is 27.3 Å². The maximum absolute atomic E-state index is 14.2. The third-order valence-corrected chi connectivity index (χ3v) is 9.56. The zero-order valence-electron chi connectivity index (χ0n) is 23.1. The third-order valence-electron chi connectivity index (χ3n) is 7.89. The minimum absolute atomic E-state index is 0.00981. The average molecular weight is 615 g/mol. The quantitative estimate of drug-likeness (QED) is 0.204. The molecule has 0 aliphatic heterocycles. The smallest absolute Gasteiger partial charge is 0.454 e. The van der Waals surface area contributed by atoms with Gasteiger partial charge in [-0.25, -0.2) is 0 Å². The van der Waals surface area contributed by atoms with E-state index in [-0.39, 0.29) is 18.5 Å². The predicted molar refractivity (Wildman–Crippen MR) is 161 cm³/mol. The van der Waals surface area contributed by atoms with E-state index in [9.17, 15) is 22.8 Å². The van der Waals surface area contributed by atoms with E-state index in [0.717, 1.165) is 46.9 Å². The van der Waals surface area contributed by atoms with Crippen LogP contribution in [0.2, 0.25) is 5.02 Å². The fourth-order valence-corrected chi connectivity index (χ4v) is 7.04. The molecule has 5 nitrogen and oxygen atoms in total. The molecule has 42 heavy (non-hydrogen) atoms. The maximum Gasteiger partial charge on any atom is 0.454 e. The Hall–Kier alpha value is -3.40. The molecule has 1 saturated carbocycles. The molecule has 1 aliphatic rings. The van der Waals surface area contributed by atoms with Crippen LogP contribution in [0.3, 0.4) is 0 Å². The van der Waals surface area contributed by atoms with Crippen LogP contribution in [-0.2, 0) is 6.54 Å². The first-order valence-corrected chi connectivity index (χ1v) is 14.8. The first-order valence-electron chi connectivity index (χ1n) is 13.6. The standard InChI is InChI=1S/C32H30ClF3N2O3S/c1-37-23-12-14-24(15-13-23)38(31(40)29-28(33)25-5-3-4-6-27(25)42-29)18-22-17-21(11-16-26(22)41-2)19-7-9-20(10-8-19)30(39)32(34,35)36/h3-11,16-17,23-24,37H,12-15,18H2,1-2H3/t23-,24-. The number of Topliss-reactive ketones (excluding diaryl/α,β-unsaturated/α-hetero) is 1. The number of hydrogen-bond donors (Lipinski definition) is 1. The van der Waals surface area contributed by atoms with Gasteiger partial charge < -0.3 is 15.0 Å². The molecule has 5 rings (SSSR count). The SMILES string of the molecule is CN[C@H]1CC[C@H](N(Cc2cc(-c3ccc(C(=O)C(F)(F)F)cc3)ccc2OC)C(=O)c2sc3ccccc3c2Cl)CC1. The summed E-state index contributed by atoms with van der Waals surface area (Å²) in [5.74, 6) is -1.44. The average Bonchev–Trinajstić information content (AvgIpc) is 3.35. The van der Waals surface area contributed by atoms with Crippen molar-refractivity contribution in [2.45, 2.75) is 50.5 Å². The summed E-state index contributed by atoms with van der Waals surface area (Å²) in [7, 11) is 3.51. The molecule has 0 bridgehead atoms. The number of nitrogens with zero attached hydrogens (tertiary/aromatic N) is 1. The fraction of sp³-hybridized carbons (Fsp3) is 0.312. The molecular formula is C32H30ClF3N2O3S. The van der Waals surface area contributed by atoms with Crippen LogP contribution in [0.1, 0.15) is 51.3 Å². The van der Waals surface area contributed by atoms with E-state index in [2.05, 4.69) is 5.32 Å². The van der Waals surface area contributed by atoms with Crippen LogP contribution in [0.15, 0.2) is 66.7 Å². The monoisotopic (exact) mass is 614 g/mol. The van der Waals surface area contributed by atoms with E-state index in [1.807, 2.05) is 42.3 Å². The molecule has 1 heterocycles. The number of hydrogen-bond acceptors (Lipinski definition) is 5. The van der Waals surface area contributed by atoms with Crippen molar-refractivity contribution in [2.75, 3.05) is 14.2 Å². The number of methoxy groups -OCH3 is 1. The Morgan fingerprint density at radius 1 is 1.00 bits per heavy atom. The van der Waals surface area contributed by atoms with Crippen molar-refractivity contribution in [1.29, 1.82) is 0 Å². The topological polar surface area (TPSA) is 58.6 Å². The lowest BCUT2D eigenvalue weighted by molar-refractivity contribution is -0.0885. The number of alkyl halides is 3. The van der Waals surface area contributed by atoms with Gasteiger partial charge in [0.25, 0.3) is 11.7 Å². The van der Waals surface area contributed by atoms with Crippen molar-refractivity contribution in [3.63, 3.8) is 0 Å². The van der Waals surface area contributed by atoms with Crippen molar-refractivity contribution < 1.29 is 27.5 Å². The van der Waals surface area contributed by atoms with Crippen LogP contribution in [0.5, 0.6) is 5.75 Å². The van der Waals surface area contributed by atoms with Crippen LogP contribution < -0.4 is 10.1 Å². The Morgan fingerprint density at radius 3 is 2.29 bits per heavy atom. The number of fused-ring (bicyclic) bond motifs is 1. The van der Waals surface area contributed by atoms with E-state index in [1.165, 1.54) is 35.6 Å². The summed E-state index contributed by atoms with van der Waals surface area (Å²) in [5, 5.41) is 4.63. The largest absolute Gasteiger partial charge is 0.496 e. The number of benzene rings is 3. The van der Waals surface area contributed by atoms with Gasteiger partial charge in [0.1, 0.15) is 10.6 Å². The number of ketones is 1. The van der Waals surface area contributed by atoms with Gasteiger partial charge in [0.2, 0.25) is 0 Å². The van der Waals surface area contributed by atoms with E-state index in [4.69, 9.17) is 16.3 Å². The minimum Gasteiger partial charge on any atom is -0.496 e. The first-order chi connectivity index (χ1) is 20.1. The Labute approximate surface area is 251 Å². The number of halogens is 4. The van der Waals surface area contributed by atoms with Gasteiger partial charge in [-0.2, -0.15) is 13.2 Å². The number of carbonyl (C=O) groups excluding carboxylic acids is 2. The van der Waals surface area contributed by atoms with Gasteiger partial charge >= 0.3 is 6.18 Å². The molecule has 0 saturated heterocycles. The molecule has 220 valence electrons. The highest BCUT2D eigenvalue weighted by molar-refractivity contribution is 7.21. The lowest BCUT2D eigenvalue weighted by Crippen LogP contribution is -2.44. The Bertz CT molecular complexity index is 1600. The highest BCUT2D eigenvalue weighted by Crippen LogP contribution is 2.38. The van der Waals surface area contributed by atoms with Gasteiger partial charge in [-0.05, 0) is 62.1 Å². The molecule has 0 unspecified atom stereocenters. The Morgan fingerprint density at radius 2 is 1.67 bits per heavy atom. The molecule has 1 amide bonds. The van der Waals surface area contributed by atoms with E-state index in [1.54, 1.807) is 19.2 Å². The van der Waals surface area contributed by atoms with Gasteiger partial charge in [-0.1, -0.05) is 60.1 Å². The molecule has 4 aromatic rings. The first kappa shape index (κ1) is 30.1. The normalized spacial score (nSPS) is 17.3. The van der Waals surface area contributed by atoms with E-state index < -0.39 is 17.5 Å². The number of amides is 1. The summed E-state index contributed by atoms with van der Waals surface area (Å²) in [6.45, 7) is 0.264. The van der Waals surface area contributed by atoms with Crippen LogP contribution in [0.25, 0.3) is 21.2 Å². The molecule has 0 spiro atoms. The maximum atomic E-state index is 14.2. The summed E-state index contributed by atoms with van der Waals surface area (Å²) in [5.41, 5.74) is 1.70. The summed E-state index contributed by atoms with van der Waals surface area (Å²) in [6, 6.07) is 18.9. The fourth-order valence-electron chi connectivity index (χ4n) is 5.57. The zero-order valence-corrected chi connectivity index (χ0v) is 24.7. The number of carbonyl (C=O) groups is 2. The molecular weight excluding hydrogens is 585 g/mol. The second-order valence-corrected chi connectivity index (χ2v) is 11.8. The Balaban J connectivity index is 1.49. The summed E-state index contributed by atoms with van der Waals surface area (Å²) in [4.78, 5) is 28.2. The van der Waals surface area contributed by atoms with Gasteiger partial charge in [0.15, 0.2) is 0 Å². The van der Waals surface area contributed by atoms with Gasteiger partial charge in [0, 0.05) is 39.8 Å². The van der Waals surface area contributed by atoms with Crippen molar-refractivity contribution in [3.8, 4) is 16.9 Å². The summed E-state index contributed by atoms with van der Waals surface area (Å²) < 4.78 is 45.2. The molecule has 1 fully saturated rings. The van der Waals surface area contributed by atoms with Crippen molar-refractivity contribution in [2.24, 2.45) is 0 Å². The number of ether oxygens (including phenoxy) is 1. The summed E-state index contributed by atoms with van der Waals surface area (Å²) >= 11 is 8.13. The Kier molecular flexibility index (Phi) is 8.92. The second kappa shape index (κ2) is 12.5. The van der Waals surface area contributed by atoms with Crippen LogP contribution >= 0.6 is 22.9 Å². The van der Waals surface area contributed by atoms with Gasteiger partial charge in [-0.15, -0.1) is 11.3 Å². The molecule has 0 atom stereocenters. The zero-order chi connectivity index (χ0) is 30.0. The molecule has 0 radical (unpaired) electrons. The highest BCUT2D eigenvalue weighted by Gasteiger charge is 2.39. The molecule has 10 heteroatoms. The van der Waals surface area contributed by atoms with Crippen molar-refractivity contribution >= 4 is 44.7 Å². The van der Waals surface area contributed by atoms with Crippen LogP contribution in [-0.4, -0.2) is 49.0 Å². The molecule has 1 aliphatic carbocycles. The third kappa shape index (κ3) is 6.19. The number of rotatable bonds is 8. The number of nitrogens with one attached hydrogen (secondary N) is 1. The molecule has 3 aromatic carbocycles. The van der Waals surface area contributed by atoms with Crippen LogP contribution in [0, 0.1) is 0 Å². The highest BCUT2D eigenvalue weighted by atomic mass is 35.5. The minimum atomic E-state index is -4.94.